The van der Waals surface area contributed by atoms with Gasteiger partial charge >= 0.3 is 6.09 Å². The van der Waals surface area contributed by atoms with Crippen molar-refractivity contribution in [2.45, 2.75) is 6.04 Å². The van der Waals surface area contributed by atoms with Gasteiger partial charge < -0.3 is 9.64 Å². The van der Waals surface area contributed by atoms with E-state index < -0.39 is 6.09 Å². The molecule has 0 aliphatic carbocycles. The number of carbonyl (C=O) groups is 1. The molecule has 5 nitrogen and oxygen atoms in total. The summed E-state index contributed by atoms with van der Waals surface area (Å²) in [6, 6.07) is 5.93. The van der Waals surface area contributed by atoms with Crippen LogP contribution < -0.4 is 5.32 Å². The van der Waals surface area contributed by atoms with Crippen LogP contribution in [0.25, 0.3) is 0 Å². The van der Waals surface area contributed by atoms with Crippen molar-refractivity contribution in [3.8, 4) is 0 Å². The molecule has 0 fully saturated rings. The monoisotopic (exact) mass is 389 g/mol. The number of halogens is 2. The third-order valence-electron chi connectivity index (χ3n) is 2.80. The number of nitrogens with one attached hydrogen (secondary N) is 1. The molecule has 1 unspecified atom stereocenters. The number of ether oxygens (including phenoxy) is 1. The first-order chi connectivity index (χ1) is 9.01. The molecular formula is C12H13Br2N3O2. The summed E-state index contributed by atoms with van der Waals surface area (Å²) in [6.07, 6.45) is -0.514. The van der Waals surface area contributed by atoms with E-state index in [0.717, 1.165) is 14.5 Å². The number of likely N-dealkylation sites (N-methyl/N-ethyl adjacent to an activating group) is 1. The van der Waals surface area contributed by atoms with Gasteiger partial charge in [-0.1, -0.05) is 31.9 Å². The molecular weight excluding hydrogens is 378 g/mol. The normalized spacial score (nSPS) is 18.2. The van der Waals surface area contributed by atoms with Crippen molar-refractivity contribution in [2.75, 3.05) is 20.7 Å². The SMILES string of the molecule is COC(=O)NC1=NC(c2cc(Br)ccc2Br)CN1C. The summed E-state index contributed by atoms with van der Waals surface area (Å²) in [5.41, 5.74) is 1.07. The van der Waals surface area contributed by atoms with Crippen LogP contribution in [-0.2, 0) is 4.74 Å². The number of methoxy groups -OCH3 is 1. The zero-order valence-corrected chi connectivity index (χ0v) is 13.7. The minimum Gasteiger partial charge on any atom is -0.453 e. The lowest BCUT2D eigenvalue weighted by atomic mass is 10.1. The number of aliphatic imine (C=N–C) groups is 1. The molecule has 2 rings (SSSR count). The highest BCUT2D eigenvalue weighted by Crippen LogP contribution is 2.31. The van der Waals surface area contributed by atoms with E-state index in [0.29, 0.717) is 12.5 Å². The molecule has 0 radical (unpaired) electrons. The zero-order chi connectivity index (χ0) is 14.0. The van der Waals surface area contributed by atoms with Crippen molar-refractivity contribution in [3.05, 3.63) is 32.7 Å². The fraction of sp³-hybridized carbons (Fsp3) is 0.333. The van der Waals surface area contributed by atoms with E-state index in [1.165, 1.54) is 7.11 Å². The van der Waals surface area contributed by atoms with Crippen LogP contribution in [0.1, 0.15) is 11.6 Å². The molecule has 1 amide bonds. The van der Waals surface area contributed by atoms with Crippen LogP contribution in [0.4, 0.5) is 4.79 Å². The fourth-order valence-electron chi connectivity index (χ4n) is 1.84. The highest BCUT2D eigenvalue weighted by molar-refractivity contribution is 9.11. The van der Waals surface area contributed by atoms with Gasteiger partial charge in [-0.2, -0.15) is 0 Å². The molecule has 1 N–H and O–H groups in total. The Hall–Kier alpha value is -1.08. The molecule has 1 aliphatic rings. The van der Waals surface area contributed by atoms with Crippen molar-refractivity contribution < 1.29 is 9.53 Å². The van der Waals surface area contributed by atoms with Crippen molar-refractivity contribution in [2.24, 2.45) is 4.99 Å². The van der Waals surface area contributed by atoms with Crippen LogP contribution >= 0.6 is 31.9 Å². The maximum Gasteiger partial charge on any atom is 0.413 e. The van der Waals surface area contributed by atoms with Crippen LogP contribution in [0.3, 0.4) is 0 Å². The predicted octanol–water partition coefficient (Wildman–Crippen LogP) is 2.91. The Morgan fingerprint density at radius 2 is 2.26 bits per heavy atom. The standard InChI is InChI=1S/C12H13Br2N3O2/c1-17-6-10(15-11(17)16-12(18)19-2)8-5-7(13)3-4-9(8)14/h3-5,10H,6H2,1-2H3,(H,15,16,18). The lowest BCUT2D eigenvalue weighted by Crippen LogP contribution is -2.39. The first kappa shape index (κ1) is 14.3. The Balaban J connectivity index is 2.23. The van der Waals surface area contributed by atoms with E-state index in [9.17, 15) is 4.79 Å². The second kappa shape index (κ2) is 5.92. The molecule has 1 aliphatic heterocycles. The van der Waals surface area contributed by atoms with Gasteiger partial charge in [0.2, 0.25) is 5.96 Å². The molecule has 0 spiro atoms. The average molecular weight is 391 g/mol. The van der Waals surface area contributed by atoms with E-state index in [4.69, 9.17) is 0 Å². The van der Waals surface area contributed by atoms with E-state index in [-0.39, 0.29) is 6.04 Å². The number of benzene rings is 1. The average Bonchev–Trinajstić information content (AvgIpc) is 2.73. The van der Waals surface area contributed by atoms with Gasteiger partial charge in [0, 0.05) is 22.5 Å². The molecule has 19 heavy (non-hydrogen) atoms. The molecule has 7 heteroatoms. The minimum atomic E-state index is -0.514. The lowest BCUT2D eigenvalue weighted by molar-refractivity contribution is 0.176. The van der Waals surface area contributed by atoms with Crippen LogP contribution in [0.5, 0.6) is 0 Å². The number of guanidine groups is 1. The number of amides is 1. The maximum atomic E-state index is 11.2. The van der Waals surface area contributed by atoms with E-state index >= 15 is 0 Å². The van der Waals surface area contributed by atoms with Crippen LogP contribution in [-0.4, -0.2) is 37.7 Å². The molecule has 0 aromatic heterocycles. The molecule has 1 atom stereocenters. The summed E-state index contributed by atoms with van der Waals surface area (Å²) in [6.45, 7) is 0.703. The molecule has 0 saturated heterocycles. The van der Waals surface area contributed by atoms with Crippen molar-refractivity contribution in [3.63, 3.8) is 0 Å². The van der Waals surface area contributed by atoms with Gasteiger partial charge in [-0.3, -0.25) is 5.32 Å². The van der Waals surface area contributed by atoms with Crippen molar-refractivity contribution in [1.29, 1.82) is 0 Å². The number of alkyl carbamates (subject to hydrolysis) is 1. The number of carbonyl (C=O) groups excluding carboxylic acids is 1. The highest BCUT2D eigenvalue weighted by Gasteiger charge is 2.26. The smallest absolute Gasteiger partial charge is 0.413 e. The summed E-state index contributed by atoms with van der Waals surface area (Å²) in [7, 11) is 3.20. The third kappa shape index (κ3) is 3.27. The second-order valence-corrected chi connectivity index (χ2v) is 5.90. The number of hydrogen-bond donors (Lipinski definition) is 1. The van der Waals surface area contributed by atoms with Gasteiger partial charge in [0.1, 0.15) is 0 Å². The minimum absolute atomic E-state index is 0.0240. The number of rotatable bonds is 1. The Morgan fingerprint density at radius 3 is 2.95 bits per heavy atom. The first-order valence-electron chi connectivity index (χ1n) is 5.60. The molecule has 0 bridgehead atoms. The maximum absolute atomic E-state index is 11.2. The Kier molecular flexibility index (Phi) is 4.46. The fourth-order valence-corrected chi connectivity index (χ4v) is 2.73. The molecule has 1 aromatic carbocycles. The topological polar surface area (TPSA) is 53.9 Å². The van der Waals surface area contributed by atoms with E-state index in [1.54, 1.807) is 0 Å². The van der Waals surface area contributed by atoms with Crippen molar-refractivity contribution in [1.82, 2.24) is 10.2 Å². The number of nitrogens with zero attached hydrogens (tertiary/aromatic N) is 2. The van der Waals surface area contributed by atoms with Gasteiger partial charge in [-0.15, -0.1) is 0 Å². The number of hydrogen-bond acceptors (Lipinski definition) is 4. The molecule has 0 saturated carbocycles. The first-order valence-corrected chi connectivity index (χ1v) is 7.18. The second-order valence-electron chi connectivity index (χ2n) is 4.13. The third-order valence-corrected chi connectivity index (χ3v) is 4.02. The van der Waals surface area contributed by atoms with Crippen LogP contribution in [0.2, 0.25) is 0 Å². The molecule has 1 aromatic rings. The Morgan fingerprint density at radius 1 is 1.53 bits per heavy atom. The summed E-state index contributed by atoms with van der Waals surface area (Å²) in [5, 5.41) is 2.60. The largest absolute Gasteiger partial charge is 0.453 e. The van der Waals surface area contributed by atoms with Gasteiger partial charge in [-0.05, 0) is 23.8 Å². The highest BCUT2D eigenvalue weighted by atomic mass is 79.9. The van der Waals surface area contributed by atoms with Gasteiger partial charge in [-0.25, -0.2) is 9.79 Å². The molecule has 102 valence electrons. The van der Waals surface area contributed by atoms with Crippen LogP contribution in [0.15, 0.2) is 32.1 Å². The van der Waals surface area contributed by atoms with Crippen LogP contribution in [0, 0.1) is 0 Å². The summed E-state index contributed by atoms with van der Waals surface area (Å²) < 4.78 is 6.57. The summed E-state index contributed by atoms with van der Waals surface area (Å²) in [4.78, 5) is 17.6. The van der Waals surface area contributed by atoms with E-state index in [2.05, 4.69) is 46.9 Å². The zero-order valence-electron chi connectivity index (χ0n) is 10.5. The van der Waals surface area contributed by atoms with E-state index in [1.807, 2.05) is 30.1 Å². The Labute approximate surface area is 128 Å². The van der Waals surface area contributed by atoms with Crippen molar-refractivity contribution >= 4 is 43.9 Å². The van der Waals surface area contributed by atoms with Gasteiger partial charge in [0.25, 0.3) is 0 Å². The molecule has 1 heterocycles. The summed E-state index contributed by atoms with van der Waals surface area (Å²) in [5.74, 6) is 0.517. The van der Waals surface area contributed by atoms with Gasteiger partial charge in [0.05, 0.1) is 13.2 Å². The lowest BCUT2D eigenvalue weighted by Gasteiger charge is -2.15. The predicted molar refractivity (Wildman–Crippen MR) is 80.2 cm³/mol. The van der Waals surface area contributed by atoms with Gasteiger partial charge in [0.15, 0.2) is 0 Å². The summed E-state index contributed by atoms with van der Waals surface area (Å²) >= 11 is 6.98. The Bertz CT molecular complexity index is 534. The quantitative estimate of drug-likeness (QED) is 0.802.